The van der Waals surface area contributed by atoms with Crippen LogP contribution in [0.25, 0.3) is 0 Å². The van der Waals surface area contributed by atoms with E-state index in [9.17, 15) is 22.4 Å². The molecule has 26 heavy (non-hydrogen) atoms. The molecule has 0 atom stereocenters. The first-order chi connectivity index (χ1) is 12.4. The number of hydrogen-bond donors (Lipinski definition) is 0. The molecular weight excluding hydrogens is 361 g/mol. The fraction of sp³-hybridized carbons (Fsp3) is 0.111. The molecule has 132 valence electrons. The summed E-state index contributed by atoms with van der Waals surface area (Å²) in [4.78, 5) is 26.5. The van der Waals surface area contributed by atoms with Crippen LogP contribution in [0.3, 0.4) is 0 Å². The number of benzene rings is 2. The minimum atomic E-state index is -4.28. The smallest absolute Gasteiger partial charge is 0.339 e. The van der Waals surface area contributed by atoms with Gasteiger partial charge in [-0.2, -0.15) is 8.42 Å². The maximum atomic E-state index is 13.0. The van der Waals surface area contributed by atoms with E-state index < -0.39 is 21.7 Å². The van der Waals surface area contributed by atoms with Crippen molar-refractivity contribution < 1.29 is 26.6 Å². The van der Waals surface area contributed by atoms with Crippen molar-refractivity contribution in [1.82, 2.24) is 4.90 Å². The van der Waals surface area contributed by atoms with Crippen LogP contribution in [0.5, 0.6) is 5.75 Å². The molecule has 6 nitrogen and oxygen atoms in total. The quantitative estimate of drug-likeness (QED) is 0.604. The van der Waals surface area contributed by atoms with Crippen LogP contribution < -0.4 is 4.18 Å². The number of carbonyl (C=O) groups is 2. The van der Waals surface area contributed by atoms with Gasteiger partial charge in [0.1, 0.15) is 10.7 Å². The summed E-state index contributed by atoms with van der Waals surface area (Å²) in [6.07, 6.45) is 1.20. The first-order valence-electron chi connectivity index (χ1n) is 7.75. The van der Waals surface area contributed by atoms with Gasteiger partial charge in [0.15, 0.2) is 11.5 Å². The maximum absolute atomic E-state index is 13.0. The van der Waals surface area contributed by atoms with Crippen LogP contribution in [0.4, 0.5) is 4.39 Å². The Hall–Kier alpha value is -3.00. The molecule has 2 aromatic rings. The fourth-order valence-corrected chi connectivity index (χ4v) is 3.68. The lowest BCUT2D eigenvalue weighted by Crippen LogP contribution is -2.23. The molecule has 0 radical (unpaired) electrons. The SMILES string of the molecule is O=C1C(N2CC2)=CC(=O)c2c(OS(=O)(=O)c3ccc(F)cc3)cccc21. The summed E-state index contributed by atoms with van der Waals surface area (Å²) in [7, 11) is -4.28. The topological polar surface area (TPSA) is 80.5 Å². The van der Waals surface area contributed by atoms with E-state index in [1.165, 1.54) is 24.3 Å². The predicted molar refractivity (Wildman–Crippen MR) is 89.0 cm³/mol. The normalized spacial score (nSPS) is 16.2. The van der Waals surface area contributed by atoms with Crippen LogP contribution in [0.15, 0.2) is 59.1 Å². The van der Waals surface area contributed by atoms with E-state index in [0.717, 1.165) is 24.3 Å². The highest BCUT2D eigenvalue weighted by atomic mass is 32.2. The molecule has 2 aromatic carbocycles. The molecule has 0 N–H and O–H groups in total. The van der Waals surface area contributed by atoms with Crippen molar-refractivity contribution in [2.24, 2.45) is 0 Å². The Morgan fingerprint density at radius 3 is 2.35 bits per heavy atom. The van der Waals surface area contributed by atoms with Gasteiger partial charge in [0.25, 0.3) is 0 Å². The zero-order chi connectivity index (χ0) is 18.5. The number of carbonyl (C=O) groups excluding carboxylic acids is 2. The lowest BCUT2D eigenvalue weighted by Gasteiger charge is -2.18. The van der Waals surface area contributed by atoms with Crippen molar-refractivity contribution in [1.29, 1.82) is 0 Å². The summed E-state index contributed by atoms with van der Waals surface area (Å²) in [6, 6.07) is 8.32. The van der Waals surface area contributed by atoms with Gasteiger partial charge in [-0.15, -0.1) is 0 Å². The average molecular weight is 373 g/mol. The van der Waals surface area contributed by atoms with E-state index in [1.807, 2.05) is 0 Å². The molecule has 8 heteroatoms. The van der Waals surface area contributed by atoms with Gasteiger partial charge >= 0.3 is 10.1 Å². The number of ketones is 2. The van der Waals surface area contributed by atoms with Gasteiger partial charge in [-0.3, -0.25) is 9.59 Å². The minimum absolute atomic E-state index is 0.0891. The van der Waals surface area contributed by atoms with E-state index in [1.54, 1.807) is 4.90 Å². The van der Waals surface area contributed by atoms with Crippen molar-refractivity contribution in [3.05, 3.63) is 71.2 Å². The maximum Gasteiger partial charge on any atom is 0.339 e. The number of rotatable bonds is 4. The zero-order valence-corrected chi connectivity index (χ0v) is 14.1. The Kier molecular flexibility index (Phi) is 3.66. The lowest BCUT2D eigenvalue weighted by atomic mass is 9.92. The monoisotopic (exact) mass is 373 g/mol. The summed E-state index contributed by atoms with van der Waals surface area (Å²) in [5.41, 5.74) is 0.320. The van der Waals surface area contributed by atoms with Gasteiger partial charge in [0, 0.05) is 24.7 Å². The van der Waals surface area contributed by atoms with Gasteiger partial charge in [-0.25, -0.2) is 4.39 Å². The third-order valence-electron chi connectivity index (χ3n) is 4.11. The number of nitrogens with zero attached hydrogens (tertiary/aromatic N) is 1. The predicted octanol–water partition coefficient (Wildman–Crippen LogP) is 2.17. The summed E-state index contributed by atoms with van der Waals surface area (Å²) in [5.74, 6) is -1.66. The molecule has 0 saturated carbocycles. The zero-order valence-electron chi connectivity index (χ0n) is 13.3. The molecule has 2 aliphatic rings. The minimum Gasteiger partial charge on any atom is -0.378 e. The third-order valence-corrected chi connectivity index (χ3v) is 5.36. The molecular formula is C18H12FNO5S. The van der Waals surface area contributed by atoms with Gasteiger partial charge in [0.05, 0.1) is 11.3 Å². The second kappa shape index (κ2) is 5.77. The van der Waals surface area contributed by atoms with E-state index >= 15 is 0 Å². The van der Waals surface area contributed by atoms with E-state index in [2.05, 4.69) is 0 Å². The number of hydrogen-bond acceptors (Lipinski definition) is 6. The highest BCUT2D eigenvalue weighted by Crippen LogP contribution is 2.33. The number of Topliss-reactive ketones (excluding diaryl/α,β-unsaturated/α-hetero) is 1. The van der Waals surface area contributed by atoms with Crippen LogP contribution >= 0.6 is 0 Å². The summed E-state index contributed by atoms with van der Waals surface area (Å²) >= 11 is 0. The largest absolute Gasteiger partial charge is 0.378 e. The Balaban J connectivity index is 1.74. The van der Waals surface area contributed by atoms with Crippen molar-refractivity contribution in [3.8, 4) is 5.75 Å². The van der Waals surface area contributed by atoms with E-state index in [4.69, 9.17) is 4.18 Å². The molecule has 1 fully saturated rings. The second-order valence-electron chi connectivity index (χ2n) is 5.88. The molecule has 0 spiro atoms. The standard InChI is InChI=1S/C18H12FNO5S/c19-11-4-6-12(7-5-11)26(23,24)25-16-3-1-2-13-17(16)15(21)10-14(18(13)22)20-8-9-20/h1-7,10H,8-9H2. The molecule has 0 unspecified atom stereocenters. The van der Waals surface area contributed by atoms with Crippen LogP contribution in [-0.4, -0.2) is 38.0 Å². The number of halogens is 1. The lowest BCUT2D eigenvalue weighted by molar-refractivity contribution is 0.0969. The summed E-state index contributed by atoms with van der Waals surface area (Å²) in [6.45, 7) is 1.41. The summed E-state index contributed by atoms with van der Waals surface area (Å²) < 4.78 is 42.9. The fourth-order valence-electron chi connectivity index (χ4n) is 2.74. The van der Waals surface area contributed by atoms with Crippen molar-refractivity contribution in [2.75, 3.05) is 13.1 Å². The third kappa shape index (κ3) is 2.78. The number of fused-ring (bicyclic) bond motifs is 1. The second-order valence-corrected chi connectivity index (χ2v) is 7.43. The van der Waals surface area contributed by atoms with Crippen LogP contribution in [0.2, 0.25) is 0 Å². The molecule has 0 amide bonds. The van der Waals surface area contributed by atoms with E-state index in [0.29, 0.717) is 18.8 Å². The summed E-state index contributed by atoms with van der Waals surface area (Å²) in [5, 5.41) is 0. The van der Waals surface area contributed by atoms with Crippen molar-refractivity contribution in [2.45, 2.75) is 4.90 Å². The first-order valence-corrected chi connectivity index (χ1v) is 9.16. The van der Waals surface area contributed by atoms with Gasteiger partial charge in [-0.1, -0.05) is 6.07 Å². The molecule has 1 saturated heterocycles. The average Bonchev–Trinajstić information content (AvgIpc) is 3.43. The van der Waals surface area contributed by atoms with Crippen molar-refractivity contribution in [3.63, 3.8) is 0 Å². The molecule has 4 rings (SSSR count). The van der Waals surface area contributed by atoms with Crippen molar-refractivity contribution >= 4 is 21.7 Å². The van der Waals surface area contributed by atoms with Crippen LogP contribution in [0, 0.1) is 5.82 Å². The van der Waals surface area contributed by atoms with Gasteiger partial charge in [-0.05, 0) is 36.4 Å². The van der Waals surface area contributed by atoms with E-state index in [-0.39, 0.29) is 27.6 Å². The molecule has 1 heterocycles. The highest BCUT2D eigenvalue weighted by Gasteiger charge is 2.35. The van der Waals surface area contributed by atoms with Crippen LogP contribution in [0.1, 0.15) is 20.7 Å². The Bertz CT molecular complexity index is 1070. The Morgan fingerprint density at radius 2 is 1.69 bits per heavy atom. The highest BCUT2D eigenvalue weighted by molar-refractivity contribution is 7.87. The Labute approximate surface area is 148 Å². The molecule has 1 aliphatic heterocycles. The van der Waals surface area contributed by atoms with Gasteiger partial charge < -0.3 is 9.08 Å². The first kappa shape index (κ1) is 16.5. The molecule has 1 aliphatic carbocycles. The van der Waals surface area contributed by atoms with Crippen LogP contribution in [-0.2, 0) is 10.1 Å². The molecule has 0 bridgehead atoms. The number of allylic oxidation sites excluding steroid dienone is 2. The Morgan fingerprint density at radius 1 is 1.00 bits per heavy atom. The van der Waals surface area contributed by atoms with Gasteiger partial charge in [0.2, 0.25) is 5.78 Å². The molecule has 0 aromatic heterocycles.